The zero-order chi connectivity index (χ0) is 32.1. The minimum Gasteiger partial charge on any atom is -0.0735 e. The van der Waals surface area contributed by atoms with Crippen LogP contribution in [0.4, 0.5) is 0 Å². The van der Waals surface area contributed by atoms with Crippen LogP contribution in [0, 0.1) is 5.92 Å². The summed E-state index contributed by atoms with van der Waals surface area (Å²) in [4.78, 5) is 0. The van der Waals surface area contributed by atoms with E-state index in [1.807, 2.05) is 0 Å². The van der Waals surface area contributed by atoms with Crippen molar-refractivity contribution in [2.45, 2.75) is 5.92 Å². The molecule has 48 heavy (non-hydrogen) atoms. The van der Waals surface area contributed by atoms with Crippen LogP contribution in [0.3, 0.4) is 0 Å². The summed E-state index contributed by atoms with van der Waals surface area (Å²) in [6.45, 7) is 0. The molecule has 0 aliphatic heterocycles. The number of hydrogen-bond donors (Lipinski definition) is 0. The average molecular weight is 613 g/mol. The summed E-state index contributed by atoms with van der Waals surface area (Å²) in [5.74, 6) is 0.0614. The molecule has 2 aliphatic rings. The normalized spacial score (nSPS) is 16.5. The first-order chi connectivity index (χ1) is 23.9. The van der Waals surface area contributed by atoms with Crippen LogP contribution in [0.1, 0.15) is 39.3 Å². The molecular weight excluding hydrogens is 577 g/mol. The molecule has 0 saturated carbocycles. The first-order valence-electron chi connectivity index (χ1n) is 16.8. The van der Waals surface area contributed by atoms with E-state index in [-0.39, 0.29) is 11.8 Å². The molecule has 0 aromatic heterocycles. The SMILES string of the molecule is C1=CC(C2=C(c3ccccc3)C(c3ccccc3)=C(c3ccccc3)C(c3ccccc3)=C(c3ccccc3)[C@H]2c2ccccc2)C=C1. The third kappa shape index (κ3) is 5.52. The number of hydrogen-bond acceptors (Lipinski definition) is 0. The third-order valence-electron chi connectivity index (χ3n) is 9.48. The van der Waals surface area contributed by atoms with Gasteiger partial charge in [0.1, 0.15) is 0 Å². The van der Waals surface area contributed by atoms with E-state index in [0.717, 1.165) is 0 Å². The molecular formula is C48H36. The highest BCUT2D eigenvalue weighted by Crippen LogP contribution is 2.58. The second kappa shape index (κ2) is 13.4. The van der Waals surface area contributed by atoms with E-state index in [1.54, 1.807) is 0 Å². The second-order valence-electron chi connectivity index (χ2n) is 12.3. The molecule has 0 bridgehead atoms. The third-order valence-corrected chi connectivity index (χ3v) is 9.48. The van der Waals surface area contributed by atoms with E-state index in [9.17, 15) is 0 Å². The van der Waals surface area contributed by atoms with Crippen molar-refractivity contribution < 1.29 is 0 Å². The molecule has 0 fully saturated rings. The Balaban J connectivity index is 1.68. The van der Waals surface area contributed by atoms with Gasteiger partial charge in [-0.15, -0.1) is 0 Å². The number of allylic oxidation sites excluding steroid dienone is 10. The van der Waals surface area contributed by atoms with Crippen LogP contribution in [-0.2, 0) is 0 Å². The Bertz CT molecular complexity index is 2150. The molecule has 0 amide bonds. The van der Waals surface area contributed by atoms with Gasteiger partial charge in [-0.3, -0.25) is 0 Å². The Morgan fingerprint density at radius 1 is 0.292 bits per heavy atom. The molecule has 0 heterocycles. The molecule has 6 aromatic carbocycles. The van der Waals surface area contributed by atoms with Gasteiger partial charge in [0.05, 0.1) is 0 Å². The Morgan fingerprint density at radius 3 is 1.06 bits per heavy atom. The van der Waals surface area contributed by atoms with E-state index >= 15 is 0 Å². The maximum atomic E-state index is 2.37. The second-order valence-corrected chi connectivity index (χ2v) is 12.3. The van der Waals surface area contributed by atoms with Gasteiger partial charge in [0.15, 0.2) is 0 Å². The van der Waals surface area contributed by atoms with Crippen molar-refractivity contribution in [3.05, 3.63) is 245 Å². The molecule has 0 heteroatoms. The Morgan fingerprint density at radius 2 is 0.625 bits per heavy atom. The van der Waals surface area contributed by atoms with Crippen molar-refractivity contribution in [2.24, 2.45) is 5.92 Å². The lowest BCUT2D eigenvalue weighted by atomic mass is 9.72. The van der Waals surface area contributed by atoms with E-state index < -0.39 is 0 Å². The lowest BCUT2D eigenvalue weighted by Gasteiger charge is -2.30. The van der Waals surface area contributed by atoms with Gasteiger partial charge in [0, 0.05) is 11.8 Å². The molecule has 0 N–H and O–H groups in total. The fourth-order valence-corrected chi connectivity index (χ4v) is 7.50. The fourth-order valence-electron chi connectivity index (χ4n) is 7.50. The van der Waals surface area contributed by atoms with Crippen LogP contribution >= 0.6 is 0 Å². The first-order valence-corrected chi connectivity index (χ1v) is 16.8. The maximum absolute atomic E-state index is 2.37. The zero-order valence-electron chi connectivity index (χ0n) is 26.8. The zero-order valence-corrected chi connectivity index (χ0v) is 26.8. The van der Waals surface area contributed by atoms with Crippen molar-refractivity contribution in [3.63, 3.8) is 0 Å². The van der Waals surface area contributed by atoms with Gasteiger partial charge < -0.3 is 0 Å². The van der Waals surface area contributed by atoms with Gasteiger partial charge in [-0.1, -0.05) is 206 Å². The highest BCUT2D eigenvalue weighted by Gasteiger charge is 2.38. The smallest absolute Gasteiger partial charge is 0.0329 e. The summed E-state index contributed by atoms with van der Waals surface area (Å²) in [6.07, 6.45) is 9.16. The number of rotatable bonds is 7. The lowest BCUT2D eigenvalue weighted by Crippen LogP contribution is -2.14. The van der Waals surface area contributed by atoms with Crippen molar-refractivity contribution >= 4 is 27.9 Å². The first kappa shape index (κ1) is 29.4. The van der Waals surface area contributed by atoms with Crippen LogP contribution in [0.2, 0.25) is 0 Å². The molecule has 8 rings (SSSR count). The van der Waals surface area contributed by atoms with Gasteiger partial charge >= 0.3 is 0 Å². The van der Waals surface area contributed by atoms with Crippen molar-refractivity contribution in [3.8, 4) is 0 Å². The molecule has 0 spiro atoms. The van der Waals surface area contributed by atoms with Crippen LogP contribution < -0.4 is 0 Å². The predicted octanol–water partition coefficient (Wildman–Crippen LogP) is 12.2. The van der Waals surface area contributed by atoms with Crippen LogP contribution in [0.15, 0.2) is 212 Å². The molecule has 0 unspecified atom stereocenters. The van der Waals surface area contributed by atoms with Crippen molar-refractivity contribution in [1.29, 1.82) is 0 Å². The van der Waals surface area contributed by atoms with Crippen molar-refractivity contribution in [2.75, 3.05) is 0 Å². The lowest BCUT2D eigenvalue weighted by molar-refractivity contribution is 0.866. The van der Waals surface area contributed by atoms with Crippen LogP contribution in [0.5, 0.6) is 0 Å². The highest BCUT2D eigenvalue weighted by atomic mass is 14.4. The molecule has 0 radical (unpaired) electrons. The Labute approximate surface area is 284 Å². The molecule has 0 saturated heterocycles. The summed E-state index contributed by atoms with van der Waals surface area (Å²) >= 11 is 0. The highest BCUT2D eigenvalue weighted by molar-refractivity contribution is 6.32. The van der Waals surface area contributed by atoms with Crippen LogP contribution in [-0.4, -0.2) is 0 Å². The Hall–Kier alpha value is -5.98. The van der Waals surface area contributed by atoms with E-state index in [0.29, 0.717) is 0 Å². The van der Waals surface area contributed by atoms with E-state index in [4.69, 9.17) is 0 Å². The van der Waals surface area contributed by atoms with E-state index in [1.165, 1.54) is 66.8 Å². The maximum Gasteiger partial charge on any atom is 0.0329 e. The molecule has 0 nitrogen and oxygen atoms in total. The predicted molar refractivity (Wildman–Crippen MR) is 204 cm³/mol. The summed E-state index contributed by atoms with van der Waals surface area (Å²) < 4.78 is 0. The van der Waals surface area contributed by atoms with Gasteiger partial charge in [-0.05, 0) is 66.8 Å². The quantitative estimate of drug-likeness (QED) is 0.168. The average Bonchev–Trinajstić information content (AvgIpc) is 3.67. The van der Waals surface area contributed by atoms with Crippen molar-refractivity contribution in [1.82, 2.24) is 0 Å². The van der Waals surface area contributed by atoms with Gasteiger partial charge in [-0.25, -0.2) is 0 Å². The minimum atomic E-state index is -0.0451. The summed E-state index contributed by atoms with van der Waals surface area (Å²) in [5.41, 5.74) is 15.1. The van der Waals surface area contributed by atoms with Crippen LogP contribution in [0.25, 0.3) is 27.9 Å². The summed E-state index contributed by atoms with van der Waals surface area (Å²) in [5, 5.41) is 0. The summed E-state index contributed by atoms with van der Waals surface area (Å²) in [6, 6.07) is 66.4. The van der Waals surface area contributed by atoms with Gasteiger partial charge in [0.25, 0.3) is 0 Å². The minimum absolute atomic E-state index is 0.0451. The largest absolute Gasteiger partial charge is 0.0735 e. The standard InChI is InChI=1S/C48H36/c1-7-21-35(22-8-1)42-43(36-23-9-2-10-24-36)45(38-27-13-4-14-28-38)47(40-31-17-6-18-32-40)48(41-33-19-20-34-41)46(39-29-15-5-16-30-39)44(42)37-25-11-3-12-26-37/h1-34,41,46H/t46-/m1/s1. The summed E-state index contributed by atoms with van der Waals surface area (Å²) in [7, 11) is 0. The molecule has 1 atom stereocenters. The molecule has 6 aromatic rings. The topological polar surface area (TPSA) is 0 Å². The van der Waals surface area contributed by atoms with E-state index in [2.05, 4.69) is 206 Å². The molecule has 228 valence electrons. The fraction of sp³-hybridized carbons (Fsp3) is 0.0417. The van der Waals surface area contributed by atoms with Gasteiger partial charge in [-0.2, -0.15) is 0 Å². The van der Waals surface area contributed by atoms with Gasteiger partial charge in [0.2, 0.25) is 0 Å². The molecule has 2 aliphatic carbocycles. The Kier molecular flexibility index (Phi) is 8.21. The number of benzene rings is 6. The monoisotopic (exact) mass is 612 g/mol.